The Labute approximate surface area is 132 Å². The van der Waals surface area contributed by atoms with Crippen molar-refractivity contribution in [3.63, 3.8) is 0 Å². The van der Waals surface area contributed by atoms with Gasteiger partial charge in [-0.3, -0.25) is 14.5 Å². The monoisotopic (exact) mass is 306 g/mol. The molecule has 0 heterocycles. The van der Waals surface area contributed by atoms with Crippen molar-refractivity contribution in [3.8, 4) is 5.75 Å². The Morgan fingerprint density at radius 3 is 2.18 bits per heavy atom. The van der Waals surface area contributed by atoms with E-state index in [-0.39, 0.29) is 18.4 Å². The summed E-state index contributed by atoms with van der Waals surface area (Å²) in [6.45, 7) is 7.01. The first-order valence-corrected chi connectivity index (χ1v) is 7.74. The van der Waals surface area contributed by atoms with E-state index in [9.17, 15) is 9.59 Å². The number of amides is 2. The van der Waals surface area contributed by atoms with Crippen LogP contribution in [0.1, 0.15) is 33.6 Å². The standard InChI is InChI=1S/C17H26N2O3/c1-5-11-18(12-6-2)17(21)13-19(14(3)20)15-9-7-8-10-16(15)22-4/h7-10H,5-6,11-13H2,1-4H3. The first kappa shape index (κ1) is 18.0. The second-order valence-electron chi connectivity index (χ2n) is 5.16. The van der Waals surface area contributed by atoms with E-state index in [0.717, 1.165) is 12.8 Å². The molecule has 0 radical (unpaired) electrons. The highest BCUT2D eigenvalue weighted by Crippen LogP contribution is 2.27. The molecular weight excluding hydrogens is 280 g/mol. The highest BCUT2D eigenvalue weighted by atomic mass is 16.5. The van der Waals surface area contributed by atoms with Crippen molar-refractivity contribution < 1.29 is 14.3 Å². The fourth-order valence-corrected chi connectivity index (χ4v) is 2.36. The molecule has 0 bridgehead atoms. The Bertz CT molecular complexity index is 496. The van der Waals surface area contributed by atoms with Crippen molar-refractivity contribution in [1.29, 1.82) is 0 Å². The zero-order valence-electron chi connectivity index (χ0n) is 14.0. The molecule has 5 heteroatoms. The van der Waals surface area contributed by atoms with Crippen LogP contribution < -0.4 is 9.64 Å². The van der Waals surface area contributed by atoms with Gasteiger partial charge in [0, 0.05) is 20.0 Å². The molecule has 0 aliphatic heterocycles. The van der Waals surface area contributed by atoms with Gasteiger partial charge >= 0.3 is 0 Å². The fraction of sp³-hybridized carbons (Fsp3) is 0.529. The smallest absolute Gasteiger partial charge is 0.242 e. The van der Waals surface area contributed by atoms with Crippen LogP contribution in [0, 0.1) is 0 Å². The van der Waals surface area contributed by atoms with E-state index >= 15 is 0 Å². The van der Waals surface area contributed by atoms with E-state index < -0.39 is 0 Å². The van der Waals surface area contributed by atoms with Crippen LogP contribution in [-0.2, 0) is 9.59 Å². The van der Waals surface area contributed by atoms with Crippen LogP contribution in [0.5, 0.6) is 5.75 Å². The molecule has 0 N–H and O–H groups in total. The molecule has 5 nitrogen and oxygen atoms in total. The maximum absolute atomic E-state index is 12.5. The summed E-state index contributed by atoms with van der Waals surface area (Å²) in [5, 5.41) is 0. The van der Waals surface area contributed by atoms with Crippen LogP contribution in [-0.4, -0.2) is 43.5 Å². The average Bonchev–Trinajstić information content (AvgIpc) is 2.51. The number of hydrogen-bond acceptors (Lipinski definition) is 3. The third-order valence-corrected chi connectivity index (χ3v) is 3.39. The minimum absolute atomic E-state index is 0.0372. The molecule has 0 saturated carbocycles. The molecule has 0 aliphatic rings. The molecule has 0 unspecified atom stereocenters. The molecule has 2 amide bonds. The summed E-state index contributed by atoms with van der Waals surface area (Å²) in [6.07, 6.45) is 1.81. The molecule has 1 aromatic carbocycles. The second-order valence-corrected chi connectivity index (χ2v) is 5.16. The zero-order valence-corrected chi connectivity index (χ0v) is 14.0. The lowest BCUT2D eigenvalue weighted by molar-refractivity contribution is -0.131. The molecule has 1 rings (SSSR count). The Morgan fingerprint density at radius 1 is 1.09 bits per heavy atom. The van der Waals surface area contributed by atoms with Crippen LogP contribution in [0.25, 0.3) is 0 Å². The van der Waals surface area contributed by atoms with Gasteiger partial charge in [0.2, 0.25) is 11.8 Å². The van der Waals surface area contributed by atoms with Crippen LogP contribution in [0.4, 0.5) is 5.69 Å². The summed E-state index contributed by atoms with van der Waals surface area (Å²) in [5.41, 5.74) is 0.624. The normalized spacial score (nSPS) is 10.2. The number of anilines is 1. The van der Waals surface area contributed by atoms with Crippen LogP contribution in [0.3, 0.4) is 0 Å². The number of carbonyl (C=O) groups excluding carboxylic acids is 2. The summed E-state index contributed by atoms with van der Waals surface area (Å²) in [6, 6.07) is 7.24. The van der Waals surface area contributed by atoms with Crippen LogP contribution in [0.15, 0.2) is 24.3 Å². The molecule has 0 saturated heterocycles. The lowest BCUT2D eigenvalue weighted by atomic mass is 10.2. The van der Waals surface area contributed by atoms with E-state index in [1.165, 1.54) is 11.8 Å². The Balaban J connectivity index is 2.97. The number of methoxy groups -OCH3 is 1. The van der Waals surface area contributed by atoms with Crippen molar-refractivity contribution in [2.24, 2.45) is 0 Å². The molecule has 0 fully saturated rings. The molecule has 0 aromatic heterocycles. The van der Waals surface area contributed by atoms with E-state index in [4.69, 9.17) is 4.74 Å². The minimum atomic E-state index is -0.175. The van der Waals surface area contributed by atoms with Crippen LogP contribution in [0.2, 0.25) is 0 Å². The molecule has 0 aliphatic carbocycles. The Morgan fingerprint density at radius 2 is 1.68 bits per heavy atom. The summed E-state index contributed by atoms with van der Waals surface area (Å²) in [4.78, 5) is 27.8. The topological polar surface area (TPSA) is 49.9 Å². The first-order valence-electron chi connectivity index (χ1n) is 7.74. The quantitative estimate of drug-likeness (QED) is 0.742. The highest BCUT2D eigenvalue weighted by molar-refractivity contribution is 5.98. The van der Waals surface area contributed by atoms with Gasteiger partial charge in [0.05, 0.1) is 12.8 Å². The zero-order chi connectivity index (χ0) is 16.5. The van der Waals surface area contributed by atoms with Gasteiger partial charge in [0.25, 0.3) is 0 Å². The molecule has 22 heavy (non-hydrogen) atoms. The van der Waals surface area contributed by atoms with Crippen molar-refractivity contribution >= 4 is 17.5 Å². The molecular formula is C17H26N2O3. The Hall–Kier alpha value is -2.04. The number of nitrogens with zero attached hydrogens (tertiary/aromatic N) is 2. The van der Waals surface area contributed by atoms with Crippen molar-refractivity contribution in [2.75, 3.05) is 31.6 Å². The summed E-state index contributed by atoms with van der Waals surface area (Å²) in [5.74, 6) is 0.374. The van der Waals surface area contributed by atoms with Gasteiger partial charge in [-0.2, -0.15) is 0 Å². The van der Waals surface area contributed by atoms with E-state index in [1.54, 1.807) is 19.2 Å². The summed E-state index contributed by atoms with van der Waals surface area (Å²) < 4.78 is 5.29. The average molecular weight is 306 g/mol. The highest BCUT2D eigenvalue weighted by Gasteiger charge is 2.21. The van der Waals surface area contributed by atoms with Gasteiger partial charge in [-0.1, -0.05) is 26.0 Å². The van der Waals surface area contributed by atoms with Crippen molar-refractivity contribution in [2.45, 2.75) is 33.6 Å². The van der Waals surface area contributed by atoms with E-state index in [2.05, 4.69) is 0 Å². The molecule has 0 spiro atoms. The molecule has 0 atom stereocenters. The predicted octanol–water partition coefficient (Wildman–Crippen LogP) is 2.70. The van der Waals surface area contributed by atoms with E-state index in [0.29, 0.717) is 24.5 Å². The fourth-order valence-electron chi connectivity index (χ4n) is 2.36. The van der Waals surface area contributed by atoms with Gasteiger partial charge in [-0.25, -0.2) is 0 Å². The number of ether oxygens (including phenoxy) is 1. The maximum Gasteiger partial charge on any atom is 0.242 e. The van der Waals surface area contributed by atoms with Crippen LogP contribution >= 0.6 is 0 Å². The number of rotatable bonds is 8. The Kier molecular flexibility index (Phi) is 7.43. The first-order chi connectivity index (χ1) is 10.5. The number of para-hydroxylation sites is 2. The minimum Gasteiger partial charge on any atom is -0.495 e. The lowest BCUT2D eigenvalue weighted by Gasteiger charge is -2.27. The third kappa shape index (κ3) is 4.76. The number of carbonyl (C=O) groups is 2. The van der Waals surface area contributed by atoms with Crippen molar-refractivity contribution in [1.82, 2.24) is 4.90 Å². The second kappa shape index (κ2) is 9.07. The summed E-state index contributed by atoms with van der Waals surface area (Å²) in [7, 11) is 1.56. The maximum atomic E-state index is 12.5. The van der Waals surface area contributed by atoms with Gasteiger partial charge in [0.1, 0.15) is 12.3 Å². The number of hydrogen-bond donors (Lipinski definition) is 0. The number of benzene rings is 1. The molecule has 1 aromatic rings. The SMILES string of the molecule is CCCN(CCC)C(=O)CN(C(C)=O)c1ccccc1OC. The lowest BCUT2D eigenvalue weighted by Crippen LogP contribution is -2.43. The van der Waals surface area contributed by atoms with Gasteiger partial charge in [0.15, 0.2) is 0 Å². The third-order valence-electron chi connectivity index (χ3n) is 3.39. The molecule has 122 valence electrons. The van der Waals surface area contributed by atoms with Crippen molar-refractivity contribution in [3.05, 3.63) is 24.3 Å². The summed E-state index contributed by atoms with van der Waals surface area (Å²) >= 11 is 0. The van der Waals surface area contributed by atoms with Gasteiger partial charge in [-0.15, -0.1) is 0 Å². The predicted molar refractivity (Wildman–Crippen MR) is 88.2 cm³/mol. The van der Waals surface area contributed by atoms with Gasteiger partial charge < -0.3 is 9.64 Å². The van der Waals surface area contributed by atoms with Gasteiger partial charge in [-0.05, 0) is 25.0 Å². The van der Waals surface area contributed by atoms with E-state index in [1.807, 2.05) is 30.9 Å². The largest absolute Gasteiger partial charge is 0.495 e.